The highest BCUT2D eigenvalue weighted by atomic mass is 19.1. The van der Waals surface area contributed by atoms with Crippen molar-refractivity contribution in [1.29, 1.82) is 0 Å². The zero-order valence-corrected chi connectivity index (χ0v) is 13.9. The molecule has 2 unspecified atom stereocenters. The van der Waals surface area contributed by atoms with E-state index in [-0.39, 0.29) is 36.6 Å². The molecule has 0 aliphatic heterocycles. The van der Waals surface area contributed by atoms with Gasteiger partial charge in [0.05, 0.1) is 6.10 Å². The van der Waals surface area contributed by atoms with Crippen molar-refractivity contribution in [2.75, 3.05) is 6.54 Å². The third-order valence-corrected chi connectivity index (χ3v) is 3.65. The van der Waals surface area contributed by atoms with E-state index in [1.54, 1.807) is 31.2 Å². The molecular formula is C19H21FN2O3. The molecule has 2 amide bonds. The summed E-state index contributed by atoms with van der Waals surface area (Å²) < 4.78 is 12.8. The van der Waals surface area contributed by atoms with E-state index in [1.165, 1.54) is 24.3 Å². The Morgan fingerprint density at radius 2 is 1.72 bits per heavy atom. The monoisotopic (exact) mass is 344 g/mol. The first-order valence-electron chi connectivity index (χ1n) is 8.02. The highest BCUT2D eigenvalue weighted by molar-refractivity contribution is 5.94. The van der Waals surface area contributed by atoms with Crippen LogP contribution in [0.5, 0.6) is 0 Å². The molecule has 0 heterocycles. The Kier molecular flexibility index (Phi) is 6.65. The Bertz CT molecular complexity index is 704. The molecule has 25 heavy (non-hydrogen) atoms. The number of amides is 2. The average Bonchev–Trinajstić information content (AvgIpc) is 2.61. The Hall–Kier alpha value is -2.73. The van der Waals surface area contributed by atoms with Crippen LogP contribution >= 0.6 is 0 Å². The molecular weight excluding hydrogens is 323 g/mol. The number of carbonyl (C=O) groups excluding carboxylic acids is 2. The van der Waals surface area contributed by atoms with Crippen molar-refractivity contribution in [2.24, 2.45) is 0 Å². The summed E-state index contributed by atoms with van der Waals surface area (Å²) in [5.41, 5.74) is 1.05. The lowest BCUT2D eigenvalue weighted by atomic mass is 10.1. The van der Waals surface area contributed by atoms with Crippen molar-refractivity contribution in [3.05, 3.63) is 71.5 Å². The minimum atomic E-state index is -0.918. The van der Waals surface area contributed by atoms with Gasteiger partial charge >= 0.3 is 0 Å². The van der Waals surface area contributed by atoms with E-state index in [2.05, 4.69) is 10.6 Å². The van der Waals surface area contributed by atoms with Crippen LogP contribution in [0.4, 0.5) is 4.39 Å². The Balaban J connectivity index is 1.75. The van der Waals surface area contributed by atoms with E-state index < -0.39 is 6.10 Å². The maximum absolute atomic E-state index is 12.8. The van der Waals surface area contributed by atoms with Gasteiger partial charge < -0.3 is 15.7 Å². The zero-order chi connectivity index (χ0) is 18.2. The van der Waals surface area contributed by atoms with Crippen molar-refractivity contribution in [3.8, 4) is 0 Å². The first kappa shape index (κ1) is 18.6. The van der Waals surface area contributed by atoms with Crippen molar-refractivity contribution in [2.45, 2.75) is 25.5 Å². The molecule has 132 valence electrons. The first-order chi connectivity index (χ1) is 12.0. The first-order valence-corrected chi connectivity index (χ1v) is 8.02. The van der Waals surface area contributed by atoms with Crippen LogP contribution in [0, 0.1) is 5.82 Å². The van der Waals surface area contributed by atoms with E-state index in [1.807, 2.05) is 6.07 Å². The van der Waals surface area contributed by atoms with Gasteiger partial charge in [-0.25, -0.2) is 4.39 Å². The van der Waals surface area contributed by atoms with Gasteiger partial charge in [0.25, 0.3) is 5.91 Å². The standard InChI is InChI=1S/C19H21FN2O3/c1-13(22-19(25)15-5-3-2-4-6-15)11-18(24)21-12-17(23)14-7-9-16(20)10-8-14/h2-10,13,17,23H,11-12H2,1H3,(H,21,24)(H,22,25). The molecule has 3 N–H and O–H groups in total. The second-order valence-electron chi connectivity index (χ2n) is 5.82. The van der Waals surface area contributed by atoms with E-state index in [0.29, 0.717) is 11.1 Å². The molecule has 0 aliphatic rings. The minimum absolute atomic E-state index is 0.0177. The molecule has 0 radical (unpaired) electrons. The van der Waals surface area contributed by atoms with E-state index in [4.69, 9.17) is 0 Å². The van der Waals surface area contributed by atoms with Gasteiger partial charge in [-0.05, 0) is 36.8 Å². The second kappa shape index (κ2) is 8.94. The molecule has 0 bridgehead atoms. The quantitative estimate of drug-likeness (QED) is 0.720. The molecule has 2 rings (SSSR count). The number of aliphatic hydroxyl groups excluding tert-OH is 1. The summed E-state index contributed by atoms with van der Waals surface area (Å²) in [6, 6.07) is 13.8. The average molecular weight is 344 g/mol. The number of nitrogens with one attached hydrogen (secondary N) is 2. The third kappa shape index (κ3) is 6.00. The van der Waals surface area contributed by atoms with Crippen LogP contribution in [0.2, 0.25) is 0 Å². The molecule has 6 heteroatoms. The lowest BCUT2D eigenvalue weighted by Crippen LogP contribution is -2.38. The normalized spacial score (nSPS) is 12.9. The van der Waals surface area contributed by atoms with Gasteiger partial charge in [0.15, 0.2) is 0 Å². The lowest BCUT2D eigenvalue weighted by Gasteiger charge is -2.16. The summed E-state index contributed by atoms with van der Waals surface area (Å²) in [6.45, 7) is 1.75. The lowest BCUT2D eigenvalue weighted by molar-refractivity contribution is -0.121. The SMILES string of the molecule is CC(CC(=O)NCC(O)c1ccc(F)cc1)NC(=O)c1ccccc1. The number of carbonyl (C=O) groups is 2. The van der Waals surface area contributed by atoms with Crippen molar-refractivity contribution in [1.82, 2.24) is 10.6 Å². The Morgan fingerprint density at radius 1 is 1.08 bits per heavy atom. The number of hydrogen-bond acceptors (Lipinski definition) is 3. The molecule has 0 saturated carbocycles. The molecule has 2 aromatic carbocycles. The number of aliphatic hydroxyl groups is 1. The zero-order valence-electron chi connectivity index (χ0n) is 13.9. The number of benzene rings is 2. The third-order valence-electron chi connectivity index (χ3n) is 3.65. The summed E-state index contributed by atoms with van der Waals surface area (Å²) in [5, 5.41) is 15.3. The number of halogens is 1. The van der Waals surface area contributed by atoms with Crippen LogP contribution in [-0.4, -0.2) is 29.5 Å². The van der Waals surface area contributed by atoms with Gasteiger partial charge in [0.1, 0.15) is 5.82 Å². The van der Waals surface area contributed by atoms with E-state index in [0.717, 1.165) is 0 Å². The van der Waals surface area contributed by atoms with Crippen LogP contribution in [0.25, 0.3) is 0 Å². The van der Waals surface area contributed by atoms with Crippen LogP contribution in [-0.2, 0) is 4.79 Å². The molecule has 0 fully saturated rings. The van der Waals surface area contributed by atoms with Crippen molar-refractivity contribution < 1.29 is 19.1 Å². The van der Waals surface area contributed by atoms with E-state index in [9.17, 15) is 19.1 Å². The van der Waals surface area contributed by atoms with Gasteiger partial charge in [-0.1, -0.05) is 30.3 Å². The fraction of sp³-hybridized carbons (Fsp3) is 0.263. The Morgan fingerprint density at radius 3 is 2.36 bits per heavy atom. The van der Waals surface area contributed by atoms with Crippen LogP contribution < -0.4 is 10.6 Å². The minimum Gasteiger partial charge on any atom is -0.387 e. The molecule has 2 atom stereocenters. The summed E-state index contributed by atoms with van der Waals surface area (Å²) in [6.07, 6.45) is -0.826. The summed E-state index contributed by atoms with van der Waals surface area (Å²) >= 11 is 0. The Labute approximate surface area is 145 Å². The molecule has 0 aliphatic carbocycles. The van der Waals surface area contributed by atoms with Crippen molar-refractivity contribution >= 4 is 11.8 Å². The summed E-state index contributed by atoms with van der Waals surface area (Å²) in [5.74, 6) is -0.919. The predicted octanol–water partition coefficient (Wildman–Crippen LogP) is 2.18. The van der Waals surface area contributed by atoms with Gasteiger partial charge in [-0.2, -0.15) is 0 Å². The van der Waals surface area contributed by atoms with Gasteiger partial charge in [0, 0.05) is 24.6 Å². The summed E-state index contributed by atoms with van der Waals surface area (Å²) in [4.78, 5) is 23.9. The van der Waals surface area contributed by atoms with Crippen LogP contribution in [0.15, 0.2) is 54.6 Å². The number of hydrogen-bond donors (Lipinski definition) is 3. The maximum Gasteiger partial charge on any atom is 0.251 e. The number of rotatable bonds is 7. The summed E-state index contributed by atoms with van der Waals surface area (Å²) in [7, 11) is 0. The smallest absolute Gasteiger partial charge is 0.251 e. The van der Waals surface area contributed by atoms with Crippen molar-refractivity contribution in [3.63, 3.8) is 0 Å². The molecule has 0 aromatic heterocycles. The van der Waals surface area contributed by atoms with Crippen LogP contribution in [0.3, 0.4) is 0 Å². The molecule has 5 nitrogen and oxygen atoms in total. The van der Waals surface area contributed by atoms with Crippen LogP contribution in [0.1, 0.15) is 35.4 Å². The maximum atomic E-state index is 12.8. The predicted molar refractivity (Wildman–Crippen MR) is 92.4 cm³/mol. The van der Waals surface area contributed by atoms with Gasteiger partial charge in [-0.3, -0.25) is 9.59 Å². The van der Waals surface area contributed by atoms with Gasteiger partial charge in [-0.15, -0.1) is 0 Å². The molecule has 0 saturated heterocycles. The molecule has 2 aromatic rings. The highest BCUT2D eigenvalue weighted by Gasteiger charge is 2.14. The fourth-order valence-corrected chi connectivity index (χ4v) is 2.31. The van der Waals surface area contributed by atoms with E-state index >= 15 is 0 Å². The fourth-order valence-electron chi connectivity index (χ4n) is 2.31. The molecule has 0 spiro atoms. The van der Waals surface area contributed by atoms with Gasteiger partial charge in [0.2, 0.25) is 5.91 Å². The highest BCUT2D eigenvalue weighted by Crippen LogP contribution is 2.12. The topological polar surface area (TPSA) is 78.4 Å². The second-order valence-corrected chi connectivity index (χ2v) is 5.82. The largest absolute Gasteiger partial charge is 0.387 e.